The normalized spacial score (nSPS) is 12.0. The number of sulfone groups is 1. The Labute approximate surface area is 101 Å². The Kier molecular flexibility index (Phi) is 4.47. The molecule has 0 saturated carbocycles. The van der Waals surface area contributed by atoms with E-state index in [0.29, 0.717) is 0 Å². The highest BCUT2D eigenvalue weighted by atomic mass is 32.2. The van der Waals surface area contributed by atoms with E-state index in [1.165, 1.54) is 12.1 Å². The molecule has 0 heterocycles. The SMILES string of the molecule is CC(C)OCCS(=O)(=O)c1ccc(N)cc1F. The van der Waals surface area contributed by atoms with E-state index in [9.17, 15) is 12.8 Å². The number of halogens is 1. The lowest BCUT2D eigenvalue weighted by atomic mass is 10.3. The van der Waals surface area contributed by atoms with E-state index < -0.39 is 15.7 Å². The number of anilines is 1. The van der Waals surface area contributed by atoms with Gasteiger partial charge in [-0.15, -0.1) is 0 Å². The van der Waals surface area contributed by atoms with Crippen molar-refractivity contribution < 1.29 is 17.5 Å². The third-order valence-corrected chi connectivity index (χ3v) is 3.80. The predicted molar refractivity (Wildman–Crippen MR) is 64.0 cm³/mol. The lowest BCUT2D eigenvalue weighted by molar-refractivity contribution is 0.0912. The average Bonchev–Trinajstić information content (AvgIpc) is 2.15. The van der Waals surface area contributed by atoms with Gasteiger partial charge in [-0.05, 0) is 32.0 Å². The van der Waals surface area contributed by atoms with Crippen molar-refractivity contribution in [2.45, 2.75) is 24.8 Å². The zero-order chi connectivity index (χ0) is 13.1. The number of hydrogen-bond donors (Lipinski definition) is 1. The van der Waals surface area contributed by atoms with Gasteiger partial charge in [-0.2, -0.15) is 0 Å². The minimum atomic E-state index is -3.66. The van der Waals surface area contributed by atoms with E-state index in [-0.39, 0.29) is 29.0 Å². The Morgan fingerprint density at radius 1 is 1.41 bits per heavy atom. The van der Waals surface area contributed by atoms with E-state index >= 15 is 0 Å². The molecule has 96 valence electrons. The molecule has 0 fully saturated rings. The topological polar surface area (TPSA) is 69.4 Å². The van der Waals surface area contributed by atoms with E-state index in [1.54, 1.807) is 13.8 Å². The molecule has 0 spiro atoms. The number of ether oxygens (including phenoxy) is 1. The van der Waals surface area contributed by atoms with E-state index in [1.807, 2.05) is 0 Å². The summed E-state index contributed by atoms with van der Waals surface area (Å²) < 4.78 is 42.1. The van der Waals surface area contributed by atoms with Gasteiger partial charge in [-0.25, -0.2) is 12.8 Å². The molecule has 0 aliphatic carbocycles. The quantitative estimate of drug-likeness (QED) is 0.817. The van der Waals surface area contributed by atoms with Crippen LogP contribution in [0.1, 0.15) is 13.8 Å². The highest BCUT2D eigenvalue weighted by Crippen LogP contribution is 2.18. The molecule has 1 aromatic carbocycles. The van der Waals surface area contributed by atoms with Gasteiger partial charge >= 0.3 is 0 Å². The van der Waals surface area contributed by atoms with Crippen LogP contribution in [0, 0.1) is 5.82 Å². The molecule has 0 aliphatic rings. The lowest BCUT2D eigenvalue weighted by Crippen LogP contribution is -2.16. The van der Waals surface area contributed by atoms with Gasteiger partial charge in [0.05, 0.1) is 18.5 Å². The van der Waals surface area contributed by atoms with E-state index in [4.69, 9.17) is 10.5 Å². The maximum absolute atomic E-state index is 13.4. The van der Waals surface area contributed by atoms with E-state index in [2.05, 4.69) is 0 Å². The summed E-state index contributed by atoms with van der Waals surface area (Å²) in [6.07, 6.45) is -0.0542. The maximum atomic E-state index is 13.4. The summed E-state index contributed by atoms with van der Waals surface area (Å²) >= 11 is 0. The maximum Gasteiger partial charge on any atom is 0.183 e. The average molecular weight is 261 g/mol. The summed E-state index contributed by atoms with van der Waals surface area (Å²) in [4.78, 5) is -0.334. The standard InChI is InChI=1S/C11H16FNO3S/c1-8(2)16-5-6-17(14,15)11-4-3-9(13)7-10(11)12/h3-4,7-8H,5-6,13H2,1-2H3. The number of nitrogen functional groups attached to an aromatic ring is 1. The minimum absolute atomic E-state index is 0.0455. The highest BCUT2D eigenvalue weighted by Gasteiger charge is 2.19. The Balaban J connectivity index is 2.83. The number of rotatable bonds is 5. The molecule has 1 aromatic rings. The molecule has 4 nitrogen and oxygen atoms in total. The van der Waals surface area contributed by atoms with Crippen molar-refractivity contribution >= 4 is 15.5 Å². The van der Waals surface area contributed by atoms with Gasteiger partial charge in [-0.1, -0.05) is 0 Å². The molecule has 0 radical (unpaired) electrons. The van der Waals surface area contributed by atoms with Crippen LogP contribution in [0.4, 0.5) is 10.1 Å². The molecule has 0 bridgehead atoms. The number of nitrogens with two attached hydrogens (primary N) is 1. The second-order valence-corrected chi connectivity index (χ2v) is 6.01. The van der Waals surface area contributed by atoms with Crippen molar-refractivity contribution in [3.63, 3.8) is 0 Å². The summed E-state index contributed by atoms with van der Waals surface area (Å²) in [7, 11) is -3.66. The fourth-order valence-corrected chi connectivity index (χ4v) is 2.44. The minimum Gasteiger partial charge on any atom is -0.399 e. The second kappa shape index (κ2) is 5.46. The van der Waals surface area contributed by atoms with Crippen LogP contribution in [-0.2, 0) is 14.6 Å². The first-order valence-corrected chi connectivity index (χ1v) is 6.87. The number of hydrogen-bond acceptors (Lipinski definition) is 4. The van der Waals surface area contributed by atoms with Crippen molar-refractivity contribution in [2.75, 3.05) is 18.1 Å². The summed E-state index contributed by atoms with van der Waals surface area (Å²) in [5.74, 6) is -1.07. The van der Waals surface area contributed by atoms with Crippen molar-refractivity contribution in [3.8, 4) is 0 Å². The molecule has 0 amide bonds. The highest BCUT2D eigenvalue weighted by molar-refractivity contribution is 7.91. The summed E-state index contributed by atoms with van der Waals surface area (Å²) in [5.41, 5.74) is 5.55. The van der Waals surface area contributed by atoms with Crippen LogP contribution < -0.4 is 5.73 Å². The predicted octanol–water partition coefficient (Wildman–Crippen LogP) is 1.61. The Morgan fingerprint density at radius 2 is 2.06 bits per heavy atom. The molecule has 1 rings (SSSR count). The molecular weight excluding hydrogens is 245 g/mol. The Bertz CT molecular complexity index is 485. The summed E-state index contributed by atoms with van der Waals surface area (Å²) in [6.45, 7) is 3.65. The largest absolute Gasteiger partial charge is 0.399 e. The van der Waals surface area contributed by atoms with Gasteiger partial charge in [-0.3, -0.25) is 0 Å². The lowest BCUT2D eigenvalue weighted by Gasteiger charge is -2.09. The van der Waals surface area contributed by atoms with Crippen LogP contribution in [0.15, 0.2) is 23.1 Å². The molecule has 2 N–H and O–H groups in total. The third-order valence-electron chi connectivity index (χ3n) is 2.09. The molecule has 6 heteroatoms. The van der Waals surface area contributed by atoms with Crippen molar-refractivity contribution in [3.05, 3.63) is 24.0 Å². The van der Waals surface area contributed by atoms with Crippen LogP contribution in [0.2, 0.25) is 0 Å². The third kappa shape index (κ3) is 3.98. The van der Waals surface area contributed by atoms with Crippen LogP contribution >= 0.6 is 0 Å². The van der Waals surface area contributed by atoms with Gasteiger partial charge in [0.1, 0.15) is 10.7 Å². The monoisotopic (exact) mass is 261 g/mol. The molecule has 0 unspecified atom stereocenters. The molecule has 0 saturated heterocycles. The van der Waals surface area contributed by atoms with Gasteiger partial charge in [0.25, 0.3) is 0 Å². The fourth-order valence-electron chi connectivity index (χ4n) is 1.27. The fraction of sp³-hybridized carbons (Fsp3) is 0.455. The van der Waals surface area contributed by atoms with Gasteiger partial charge < -0.3 is 10.5 Å². The smallest absolute Gasteiger partial charge is 0.183 e. The van der Waals surface area contributed by atoms with Crippen molar-refractivity contribution in [1.82, 2.24) is 0 Å². The van der Waals surface area contributed by atoms with Crippen LogP contribution in [-0.4, -0.2) is 26.9 Å². The first-order valence-electron chi connectivity index (χ1n) is 5.22. The Hall–Kier alpha value is -1.14. The van der Waals surface area contributed by atoms with Crippen molar-refractivity contribution in [2.24, 2.45) is 0 Å². The van der Waals surface area contributed by atoms with E-state index in [0.717, 1.165) is 6.07 Å². The zero-order valence-electron chi connectivity index (χ0n) is 9.81. The van der Waals surface area contributed by atoms with Crippen LogP contribution in [0.5, 0.6) is 0 Å². The second-order valence-electron chi connectivity index (χ2n) is 3.93. The first-order chi connectivity index (χ1) is 7.83. The molecule has 17 heavy (non-hydrogen) atoms. The number of benzene rings is 1. The van der Waals surface area contributed by atoms with Crippen LogP contribution in [0.3, 0.4) is 0 Å². The first kappa shape index (κ1) is 13.9. The molecule has 0 aromatic heterocycles. The Morgan fingerprint density at radius 3 is 2.59 bits per heavy atom. The summed E-state index contributed by atoms with van der Waals surface area (Å²) in [5, 5.41) is 0. The zero-order valence-corrected chi connectivity index (χ0v) is 10.6. The molecular formula is C11H16FNO3S. The molecule has 0 aliphatic heterocycles. The van der Waals surface area contributed by atoms with Gasteiger partial charge in [0, 0.05) is 5.69 Å². The van der Waals surface area contributed by atoms with Crippen molar-refractivity contribution in [1.29, 1.82) is 0 Å². The summed E-state index contributed by atoms with van der Waals surface area (Å²) in [6, 6.07) is 3.53. The molecule has 0 atom stereocenters. The van der Waals surface area contributed by atoms with Crippen LogP contribution in [0.25, 0.3) is 0 Å². The van der Waals surface area contributed by atoms with Gasteiger partial charge in [0.2, 0.25) is 0 Å². The van der Waals surface area contributed by atoms with Gasteiger partial charge in [0.15, 0.2) is 9.84 Å².